The van der Waals surface area contributed by atoms with E-state index in [9.17, 15) is 4.39 Å². The minimum Gasteiger partial charge on any atom is -0.368 e. The van der Waals surface area contributed by atoms with Gasteiger partial charge in [0.1, 0.15) is 0 Å². The molecular weight excluding hydrogens is 181 g/mol. The lowest BCUT2D eigenvalue weighted by atomic mass is 10.4. The number of hydrogen-bond donors (Lipinski definition) is 2. The van der Waals surface area contributed by atoms with E-state index in [1.165, 1.54) is 6.07 Å². The van der Waals surface area contributed by atoms with E-state index >= 15 is 0 Å². The van der Waals surface area contributed by atoms with Gasteiger partial charge in [0.05, 0.1) is 0 Å². The van der Waals surface area contributed by atoms with Crippen molar-refractivity contribution in [3.8, 4) is 0 Å². The monoisotopic (exact) mass is 197 g/mol. The van der Waals surface area contributed by atoms with Gasteiger partial charge in [0.2, 0.25) is 0 Å². The lowest BCUT2D eigenvalue weighted by Crippen LogP contribution is -2.17. The third-order valence-corrected chi connectivity index (χ3v) is 1.83. The normalized spacial score (nSPS) is 10.1. The van der Waals surface area contributed by atoms with Crippen molar-refractivity contribution in [2.75, 3.05) is 25.0 Å². The molecule has 1 aromatic heterocycles. The Balaban J connectivity index is 2.21. The maximum absolute atomic E-state index is 13.0. The van der Waals surface area contributed by atoms with E-state index in [2.05, 4.69) is 22.5 Å². The van der Waals surface area contributed by atoms with Gasteiger partial charge >= 0.3 is 0 Å². The minimum atomic E-state index is -0.295. The van der Waals surface area contributed by atoms with Crippen LogP contribution < -0.4 is 10.6 Å². The van der Waals surface area contributed by atoms with E-state index in [1.54, 1.807) is 12.3 Å². The zero-order chi connectivity index (χ0) is 10.2. The molecule has 0 bridgehead atoms. The van der Waals surface area contributed by atoms with Crippen molar-refractivity contribution in [1.82, 2.24) is 10.3 Å². The fourth-order valence-corrected chi connectivity index (χ4v) is 1.11. The molecule has 0 fully saturated rings. The van der Waals surface area contributed by atoms with Crippen molar-refractivity contribution in [3.05, 3.63) is 24.1 Å². The number of nitrogens with zero attached hydrogens (tertiary/aromatic N) is 1. The first-order chi connectivity index (χ1) is 6.84. The topological polar surface area (TPSA) is 37.0 Å². The van der Waals surface area contributed by atoms with Crippen LogP contribution in [0.1, 0.15) is 13.3 Å². The van der Waals surface area contributed by atoms with Crippen LogP contribution in [-0.4, -0.2) is 24.6 Å². The van der Waals surface area contributed by atoms with Crippen molar-refractivity contribution in [2.24, 2.45) is 0 Å². The summed E-state index contributed by atoms with van der Waals surface area (Å²) in [4.78, 5) is 3.89. The van der Waals surface area contributed by atoms with Gasteiger partial charge < -0.3 is 10.6 Å². The number of halogens is 1. The third-order valence-electron chi connectivity index (χ3n) is 1.83. The van der Waals surface area contributed by atoms with Gasteiger partial charge in [-0.05, 0) is 31.6 Å². The molecule has 0 saturated heterocycles. The quantitative estimate of drug-likeness (QED) is 0.681. The van der Waals surface area contributed by atoms with Crippen molar-refractivity contribution < 1.29 is 4.39 Å². The second-order valence-corrected chi connectivity index (χ2v) is 2.97. The van der Waals surface area contributed by atoms with Crippen LogP contribution in [0.3, 0.4) is 0 Å². The van der Waals surface area contributed by atoms with Gasteiger partial charge in [-0.2, -0.15) is 0 Å². The van der Waals surface area contributed by atoms with Gasteiger partial charge in [0.15, 0.2) is 11.6 Å². The predicted molar refractivity (Wildman–Crippen MR) is 55.8 cm³/mol. The van der Waals surface area contributed by atoms with Gasteiger partial charge in [0.25, 0.3) is 0 Å². The second-order valence-electron chi connectivity index (χ2n) is 2.97. The molecule has 3 nitrogen and oxygen atoms in total. The van der Waals surface area contributed by atoms with E-state index in [4.69, 9.17) is 0 Å². The van der Waals surface area contributed by atoms with Crippen LogP contribution in [0, 0.1) is 5.82 Å². The molecule has 1 aromatic rings. The highest BCUT2D eigenvalue weighted by Crippen LogP contribution is 2.07. The lowest BCUT2D eigenvalue weighted by Gasteiger charge is -2.05. The van der Waals surface area contributed by atoms with E-state index in [0.717, 1.165) is 26.1 Å². The first-order valence-corrected chi connectivity index (χ1v) is 4.89. The highest BCUT2D eigenvalue weighted by Gasteiger charge is 1.99. The molecule has 4 heteroatoms. The Bertz CT molecular complexity index is 265. The number of pyridine rings is 1. The second kappa shape index (κ2) is 6.32. The van der Waals surface area contributed by atoms with Crippen LogP contribution in [0.25, 0.3) is 0 Å². The molecule has 0 unspecified atom stereocenters. The molecule has 1 heterocycles. The van der Waals surface area contributed by atoms with E-state index < -0.39 is 0 Å². The molecule has 0 aliphatic heterocycles. The number of nitrogens with one attached hydrogen (secondary N) is 2. The SMILES string of the molecule is CCNCCCNc1ncccc1F. The van der Waals surface area contributed by atoms with Crippen molar-refractivity contribution >= 4 is 5.82 Å². The van der Waals surface area contributed by atoms with Gasteiger partial charge in [-0.25, -0.2) is 9.37 Å². The van der Waals surface area contributed by atoms with Crippen LogP contribution in [0.4, 0.5) is 10.2 Å². The first-order valence-electron chi connectivity index (χ1n) is 4.89. The molecule has 0 aliphatic carbocycles. The molecule has 0 aromatic carbocycles. The van der Waals surface area contributed by atoms with Gasteiger partial charge in [-0.15, -0.1) is 0 Å². The van der Waals surface area contributed by atoms with Crippen LogP contribution in [0.15, 0.2) is 18.3 Å². The van der Waals surface area contributed by atoms with Gasteiger partial charge in [-0.3, -0.25) is 0 Å². The lowest BCUT2D eigenvalue weighted by molar-refractivity contribution is 0.622. The Hall–Kier alpha value is -1.16. The van der Waals surface area contributed by atoms with Crippen molar-refractivity contribution in [1.29, 1.82) is 0 Å². The molecule has 2 N–H and O–H groups in total. The Morgan fingerprint density at radius 3 is 3.00 bits per heavy atom. The van der Waals surface area contributed by atoms with Gasteiger partial charge in [-0.1, -0.05) is 6.92 Å². The summed E-state index contributed by atoms with van der Waals surface area (Å²) < 4.78 is 13.0. The maximum atomic E-state index is 13.0. The Morgan fingerprint density at radius 2 is 2.29 bits per heavy atom. The molecule has 0 saturated carbocycles. The molecule has 1 rings (SSSR count). The van der Waals surface area contributed by atoms with Crippen LogP contribution in [0.5, 0.6) is 0 Å². The highest BCUT2D eigenvalue weighted by molar-refractivity contribution is 5.35. The van der Waals surface area contributed by atoms with E-state index in [0.29, 0.717) is 5.82 Å². The summed E-state index contributed by atoms with van der Waals surface area (Å²) >= 11 is 0. The Kier molecular flexibility index (Phi) is 4.93. The summed E-state index contributed by atoms with van der Waals surface area (Å²) in [6, 6.07) is 2.98. The summed E-state index contributed by atoms with van der Waals surface area (Å²) in [5.41, 5.74) is 0. The minimum absolute atomic E-state index is 0.295. The maximum Gasteiger partial charge on any atom is 0.165 e. The zero-order valence-corrected chi connectivity index (χ0v) is 8.39. The average molecular weight is 197 g/mol. The molecule has 78 valence electrons. The third kappa shape index (κ3) is 3.70. The first kappa shape index (κ1) is 10.9. The Labute approximate surface area is 83.7 Å². The van der Waals surface area contributed by atoms with Crippen LogP contribution >= 0.6 is 0 Å². The summed E-state index contributed by atoms with van der Waals surface area (Å²) in [6.45, 7) is 4.71. The Morgan fingerprint density at radius 1 is 1.43 bits per heavy atom. The fourth-order valence-electron chi connectivity index (χ4n) is 1.11. The molecular formula is C10H16FN3. The molecule has 0 amide bonds. The molecule has 0 atom stereocenters. The molecule has 0 radical (unpaired) electrons. The summed E-state index contributed by atoms with van der Waals surface area (Å²) in [6.07, 6.45) is 2.54. The van der Waals surface area contributed by atoms with Crippen LogP contribution in [-0.2, 0) is 0 Å². The van der Waals surface area contributed by atoms with E-state index in [-0.39, 0.29) is 5.82 Å². The molecule has 0 aliphatic rings. The van der Waals surface area contributed by atoms with Crippen molar-refractivity contribution in [2.45, 2.75) is 13.3 Å². The van der Waals surface area contributed by atoms with Crippen molar-refractivity contribution in [3.63, 3.8) is 0 Å². The van der Waals surface area contributed by atoms with E-state index in [1.807, 2.05) is 0 Å². The summed E-state index contributed by atoms with van der Waals surface area (Å²) in [5, 5.41) is 6.14. The largest absolute Gasteiger partial charge is 0.368 e. The fraction of sp³-hybridized carbons (Fsp3) is 0.500. The van der Waals surface area contributed by atoms with Crippen LogP contribution in [0.2, 0.25) is 0 Å². The number of anilines is 1. The summed E-state index contributed by atoms with van der Waals surface area (Å²) in [5.74, 6) is 0.0416. The number of aromatic nitrogens is 1. The number of rotatable bonds is 6. The zero-order valence-electron chi connectivity index (χ0n) is 8.39. The molecule has 14 heavy (non-hydrogen) atoms. The standard InChI is InChI=1S/C10H16FN3/c1-2-12-6-4-8-14-10-9(11)5-3-7-13-10/h3,5,7,12H,2,4,6,8H2,1H3,(H,13,14). The number of hydrogen-bond acceptors (Lipinski definition) is 3. The molecule has 0 spiro atoms. The summed E-state index contributed by atoms with van der Waals surface area (Å²) in [7, 11) is 0. The average Bonchev–Trinajstić information content (AvgIpc) is 2.20. The van der Waals surface area contributed by atoms with Gasteiger partial charge in [0, 0.05) is 12.7 Å². The predicted octanol–water partition coefficient (Wildman–Crippen LogP) is 1.63. The smallest absolute Gasteiger partial charge is 0.165 e. The highest BCUT2D eigenvalue weighted by atomic mass is 19.1.